The van der Waals surface area contributed by atoms with E-state index in [1.54, 1.807) is 0 Å². The minimum Gasteiger partial charge on any atom is 0 e. The summed E-state index contributed by atoms with van der Waals surface area (Å²) < 4.78 is 0. The van der Waals surface area contributed by atoms with Crippen LogP contribution in [-0.4, -0.2) is 75.0 Å². The van der Waals surface area contributed by atoms with Gasteiger partial charge in [0, 0.05) is 19.5 Å². The molecule has 0 saturated heterocycles. The van der Waals surface area contributed by atoms with E-state index >= 15 is 0 Å². The van der Waals surface area contributed by atoms with E-state index in [4.69, 9.17) is 0 Å². The van der Waals surface area contributed by atoms with Gasteiger partial charge >= 0.3 is 89.2 Å². The molecule has 5 heteroatoms. The molecule has 0 N–H and O–H groups in total. The molecule has 0 saturated carbocycles. The first-order chi connectivity index (χ1) is 1.00. The Bertz CT molecular complexity index is 11.6. The molecule has 0 spiro atoms. The van der Waals surface area contributed by atoms with Crippen molar-refractivity contribution < 1.29 is 33.7 Å². The average molecular weight is 270 g/mol. The predicted octanol–water partition coefficient (Wildman–Crippen LogP) is -2.49. The van der Waals surface area contributed by atoms with Crippen LogP contribution in [0.15, 0.2) is 0 Å². The molecule has 0 aromatic carbocycles. The second-order valence-corrected chi connectivity index (χ2v) is 0. The normalized spacial score (nSPS) is 1.20. The van der Waals surface area contributed by atoms with E-state index in [0.29, 0.717) is 0 Å². The fraction of sp³-hybridized carbons (Fsp3) is 0. The third-order valence-corrected chi connectivity index (χ3v) is 0. The van der Waals surface area contributed by atoms with Gasteiger partial charge in [-0.1, -0.05) is 0 Å². The molecule has 0 aromatic heterocycles. The molecule has 25 valence electrons. The molecule has 0 aliphatic heterocycles. The van der Waals surface area contributed by atoms with Crippen molar-refractivity contribution in [2.45, 2.75) is 0 Å². The van der Waals surface area contributed by atoms with E-state index in [1.165, 1.54) is 0 Å². The molecular formula is H5CaFeMgSeZn. The van der Waals surface area contributed by atoms with E-state index in [9.17, 15) is 0 Å². The van der Waals surface area contributed by atoms with E-state index in [-0.39, 0.29) is 80.3 Å². The topological polar surface area (TPSA) is 0 Å². The molecule has 0 aromatic rings. The van der Waals surface area contributed by atoms with E-state index in [0.717, 1.165) is 0 Å². The van der Waals surface area contributed by atoms with Crippen LogP contribution < -0.4 is 0 Å². The maximum atomic E-state index is 3.19. The Labute approximate surface area is 106 Å². The van der Waals surface area contributed by atoms with Crippen LogP contribution >= 0.6 is 0 Å². The zero-order chi connectivity index (χ0) is 2.00. The van der Waals surface area contributed by atoms with Crippen LogP contribution in [0.25, 0.3) is 0 Å². The largest absolute Gasteiger partial charge is 0.316 e. The van der Waals surface area contributed by atoms with Crippen molar-refractivity contribution in [3.05, 3.63) is 0 Å². The molecule has 0 aliphatic rings. The van der Waals surface area contributed by atoms with Crippen LogP contribution in [0.4, 0.5) is 0 Å². The summed E-state index contributed by atoms with van der Waals surface area (Å²) in [5.41, 5.74) is 0. The van der Waals surface area contributed by atoms with Gasteiger partial charge in [-0.2, -0.15) is 0 Å². The fourth-order valence-corrected chi connectivity index (χ4v) is 0. The van der Waals surface area contributed by atoms with Gasteiger partial charge in [-0.05, 0) is 0 Å². The smallest absolute Gasteiger partial charge is 0 e. The Kier molecular flexibility index (Phi) is 118. The van der Waals surface area contributed by atoms with Crippen LogP contribution in [0.5, 0.6) is 0 Å². The van der Waals surface area contributed by atoms with Gasteiger partial charge in [0.2, 0.25) is 0 Å². The van der Waals surface area contributed by atoms with Crippen LogP contribution in [-0.2, 0) is 33.7 Å². The van der Waals surface area contributed by atoms with Gasteiger partial charge < -0.3 is 0 Å². The predicted molar refractivity (Wildman–Crippen MR) is 24.2 cm³/mol. The van der Waals surface area contributed by atoms with E-state index < -0.39 is 0 Å². The summed E-state index contributed by atoms with van der Waals surface area (Å²) in [4.78, 5) is 0. The van der Waals surface area contributed by atoms with Crippen molar-refractivity contribution >= 4 is 75.0 Å². The van der Waals surface area contributed by atoms with Crippen molar-refractivity contribution in [1.29, 1.82) is 0 Å². The zero-order valence-electron chi connectivity index (χ0n) is 1.51. The van der Waals surface area contributed by atoms with Gasteiger partial charge in [-0.25, -0.2) is 0 Å². The minimum absolute atomic E-state index is 0. The molecule has 0 heterocycles. The summed E-state index contributed by atoms with van der Waals surface area (Å²) >= 11 is 5.25. The molecule has 0 bridgehead atoms. The summed E-state index contributed by atoms with van der Waals surface area (Å²) in [6.45, 7) is 0. The summed E-state index contributed by atoms with van der Waals surface area (Å²) in [5.74, 6) is 0. The summed E-state index contributed by atoms with van der Waals surface area (Å²) in [5, 5.41) is 0. The van der Waals surface area contributed by atoms with Crippen LogP contribution in [0.1, 0.15) is 0 Å². The molecule has 0 unspecified atom stereocenters. The summed E-state index contributed by atoms with van der Waals surface area (Å²) in [7, 11) is 0. The molecule has 0 radical (unpaired) electrons. The molecule has 0 atom stereocenters. The van der Waals surface area contributed by atoms with E-state index in [2.05, 4.69) is 28.4 Å². The SMILES string of the molecule is [CaH2].[Fe][SeH].[MgH2].[Zn]. The standard InChI is InChI=1S/Ca.Fe.Mg.H2Se.Zn.4H/h;;;1H2;;;;;/q;+1;;;;;;;/p-1. The molecule has 0 amide bonds. The van der Waals surface area contributed by atoms with Gasteiger partial charge in [0.25, 0.3) is 0 Å². The first-order valence-electron chi connectivity index (χ1n) is 0.158. The first-order valence-corrected chi connectivity index (χ1v) is 3.39. The van der Waals surface area contributed by atoms with Crippen LogP contribution in [0, 0.1) is 0 Å². The minimum atomic E-state index is 0. The molecule has 0 nitrogen and oxygen atoms in total. The first kappa shape index (κ1) is 23.4. The van der Waals surface area contributed by atoms with E-state index in [1.807, 2.05) is 0 Å². The Morgan fingerprint density at radius 2 is 1.20 bits per heavy atom. The monoisotopic (exact) mass is 269 g/mol. The molecular weight excluding hydrogens is 265 g/mol. The van der Waals surface area contributed by atoms with Gasteiger partial charge in [-0.3, -0.25) is 0 Å². The number of hydrogen-bond donors (Lipinski definition) is 0. The van der Waals surface area contributed by atoms with Crippen LogP contribution in [0.2, 0.25) is 0 Å². The van der Waals surface area contributed by atoms with Crippen molar-refractivity contribution in [2.24, 2.45) is 0 Å². The number of rotatable bonds is 0. The maximum Gasteiger partial charge on any atom is 0.316 e. The maximum absolute atomic E-state index is 3.19. The van der Waals surface area contributed by atoms with Crippen molar-refractivity contribution in [1.82, 2.24) is 0 Å². The average Bonchev–Trinajstić information content (AvgIpc) is 1.00. The van der Waals surface area contributed by atoms with Crippen molar-refractivity contribution in [3.8, 4) is 0 Å². The Morgan fingerprint density at radius 3 is 1.20 bits per heavy atom. The van der Waals surface area contributed by atoms with Gasteiger partial charge in [0.05, 0.1) is 0 Å². The molecule has 0 aliphatic carbocycles. The fourth-order valence-electron chi connectivity index (χ4n) is 0. The second kappa shape index (κ2) is 25.3. The molecule has 0 rings (SSSR count). The van der Waals surface area contributed by atoms with Gasteiger partial charge in [0.15, 0.2) is 0 Å². The second-order valence-electron chi connectivity index (χ2n) is 0. The van der Waals surface area contributed by atoms with Crippen molar-refractivity contribution in [3.63, 3.8) is 0 Å². The third kappa shape index (κ3) is 18.3. The molecule has 5 heavy (non-hydrogen) atoms. The summed E-state index contributed by atoms with van der Waals surface area (Å²) in [6.07, 6.45) is 0. The quantitative estimate of drug-likeness (QED) is 0.427. The third-order valence-electron chi connectivity index (χ3n) is 0. The van der Waals surface area contributed by atoms with Gasteiger partial charge in [0.1, 0.15) is 0 Å². The molecule has 0 fully saturated rings. The Hall–Kier alpha value is 3.69. The van der Waals surface area contributed by atoms with Crippen molar-refractivity contribution in [2.75, 3.05) is 0 Å². The summed E-state index contributed by atoms with van der Waals surface area (Å²) in [6, 6.07) is 0. The van der Waals surface area contributed by atoms with Crippen LogP contribution in [0.3, 0.4) is 0 Å². The Balaban J connectivity index is -0.00000000167. The number of hydrogen-bond acceptors (Lipinski definition) is 0. The zero-order valence-corrected chi connectivity index (χ0v) is 7.46. The Morgan fingerprint density at radius 1 is 1.20 bits per heavy atom. The van der Waals surface area contributed by atoms with Gasteiger partial charge in [-0.15, -0.1) is 0 Å².